The Bertz CT molecular complexity index is 2070. The highest BCUT2D eigenvalue weighted by molar-refractivity contribution is 6.13. The molecule has 2 aliphatic rings. The van der Waals surface area contributed by atoms with E-state index >= 15 is 0 Å². The average Bonchev–Trinajstić information content (AvgIpc) is 3.58. The lowest BCUT2D eigenvalue weighted by Gasteiger charge is -2.09. The van der Waals surface area contributed by atoms with Gasteiger partial charge in [0.15, 0.2) is 0 Å². The zero-order chi connectivity index (χ0) is 22.7. The normalized spacial score (nSPS) is 13.5. The van der Waals surface area contributed by atoms with Gasteiger partial charge in [0.05, 0.1) is 11.0 Å². The summed E-state index contributed by atoms with van der Waals surface area (Å²) in [5, 5.41) is 3.30. The topological polar surface area (TPSA) is 43.1 Å². The van der Waals surface area contributed by atoms with Crippen LogP contribution in [0.4, 0.5) is 0 Å². The van der Waals surface area contributed by atoms with Crippen LogP contribution in [0.1, 0.15) is 22.3 Å². The summed E-state index contributed by atoms with van der Waals surface area (Å²) < 4.78 is 2.28. The van der Waals surface area contributed by atoms with Gasteiger partial charge in [-0.05, 0) is 81.3 Å². The molecule has 7 aromatic rings. The molecular weight excluding hydrogens is 428 g/mol. The molecule has 162 valence electrons. The number of imidazole rings is 1. The van der Waals surface area contributed by atoms with Crippen molar-refractivity contribution in [1.29, 1.82) is 0 Å². The molecule has 9 rings (SSSR count). The van der Waals surface area contributed by atoms with E-state index in [1.54, 1.807) is 0 Å². The van der Waals surface area contributed by atoms with Gasteiger partial charge in [0.25, 0.3) is 0 Å². The summed E-state index contributed by atoms with van der Waals surface area (Å²) in [5.41, 5.74) is 15.2. The Balaban J connectivity index is 1.40. The fraction of sp³-hybridized carbons (Fsp3) is 0.0645. The molecule has 2 aliphatic carbocycles. The lowest BCUT2D eigenvalue weighted by molar-refractivity contribution is 1.19. The van der Waals surface area contributed by atoms with E-state index in [0.717, 1.165) is 45.8 Å². The predicted octanol–water partition coefficient (Wildman–Crippen LogP) is 6.73. The maximum atomic E-state index is 5.12. The molecule has 0 amide bonds. The SMILES string of the molecule is c1ccc2c(c1)Cc1cc3c(cc1-2)-c1ccc2nc4c5ccncc5c5cccnc5n4c2c1C3. The third kappa shape index (κ3) is 2.15. The fourth-order valence-electron chi connectivity index (χ4n) is 6.46. The van der Waals surface area contributed by atoms with E-state index in [1.807, 2.05) is 24.7 Å². The van der Waals surface area contributed by atoms with Crippen molar-refractivity contribution >= 4 is 38.5 Å². The number of hydrogen-bond acceptors (Lipinski definition) is 3. The van der Waals surface area contributed by atoms with E-state index in [1.165, 1.54) is 50.0 Å². The Morgan fingerprint density at radius 1 is 0.629 bits per heavy atom. The van der Waals surface area contributed by atoms with Gasteiger partial charge in [0, 0.05) is 41.2 Å². The summed E-state index contributed by atoms with van der Waals surface area (Å²) in [4.78, 5) is 14.3. The number of rotatable bonds is 0. The van der Waals surface area contributed by atoms with Gasteiger partial charge in [0.1, 0.15) is 11.3 Å². The van der Waals surface area contributed by atoms with E-state index in [-0.39, 0.29) is 0 Å². The quantitative estimate of drug-likeness (QED) is 0.243. The molecule has 4 heteroatoms. The summed E-state index contributed by atoms with van der Waals surface area (Å²) in [5.74, 6) is 0. The van der Waals surface area contributed by atoms with Crippen molar-refractivity contribution in [2.45, 2.75) is 12.8 Å². The highest BCUT2D eigenvalue weighted by Crippen LogP contribution is 2.47. The summed E-state index contributed by atoms with van der Waals surface area (Å²) in [6.07, 6.45) is 7.59. The minimum Gasteiger partial charge on any atom is -0.275 e. The second kappa shape index (κ2) is 6.10. The van der Waals surface area contributed by atoms with Gasteiger partial charge in [-0.25, -0.2) is 9.97 Å². The van der Waals surface area contributed by atoms with Crippen LogP contribution in [0.2, 0.25) is 0 Å². The van der Waals surface area contributed by atoms with E-state index < -0.39 is 0 Å². The number of hydrogen-bond donors (Lipinski definition) is 0. The van der Waals surface area contributed by atoms with Crippen LogP contribution in [0.25, 0.3) is 60.7 Å². The minimum absolute atomic E-state index is 0.919. The molecule has 4 heterocycles. The smallest absolute Gasteiger partial charge is 0.147 e. The molecule has 0 saturated heterocycles. The third-order valence-corrected chi connectivity index (χ3v) is 7.95. The van der Waals surface area contributed by atoms with Gasteiger partial charge < -0.3 is 0 Å². The molecule has 35 heavy (non-hydrogen) atoms. The standard InChI is InChI=1S/C31H18N4/c1-2-5-20-17(4-1)12-18-13-19-14-26-21(25(19)15-24(18)20)7-8-28-29(26)35-30-22(6-3-10-33-30)27-16-32-11-9-23(27)31(35)34-28/h1-11,13,15-16H,12,14H2. The Morgan fingerprint density at radius 3 is 2.51 bits per heavy atom. The number of pyridine rings is 3. The fourth-order valence-corrected chi connectivity index (χ4v) is 6.46. The first-order valence-electron chi connectivity index (χ1n) is 12.0. The van der Waals surface area contributed by atoms with E-state index in [9.17, 15) is 0 Å². The second-order valence-corrected chi connectivity index (χ2v) is 9.70. The van der Waals surface area contributed by atoms with Crippen LogP contribution in [0.15, 0.2) is 85.3 Å². The summed E-state index contributed by atoms with van der Waals surface area (Å²) in [7, 11) is 0. The lowest BCUT2D eigenvalue weighted by atomic mass is 9.98. The molecule has 0 radical (unpaired) electrons. The number of nitrogens with zero attached hydrogens (tertiary/aromatic N) is 4. The highest BCUT2D eigenvalue weighted by Gasteiger charge is 2.28. The van der Waals surface area contributed by atoms with E-state index in [0.29, 0.717) is 0 Å². The largest absolute Gasteiger partial charge is 0.275 e. The van der Waals surface area contributed by atoms with Gasteiger partial charge in [-0.3, -0.25) is 9.38 Å². The van der Waals surface area contributed by atoms with Gasteiger partial charge in [-0.2, -0.15) is 0 Å². The molecule has 0 saturated carbocycles. The molecule has 0 bridgehead atoms. The first kappa shape index (κ1) is 17.8. The van der Waals surface area contributed by atoms with Crippen molar-refractivity contribution in [1.82, 2.24) is 19.4 Å². The molecule has 3 aromatic carbocycles. The molecule has 4 aromatic heterocycles. The zero-order valence-corrected chi connectivity index (χ0v) is 18.8. The Labute approximate surface area is 200 Å². The van der Waals surface area contributed by atoms with Crippen LogP contribution >= 0.6 is 0 Å². The maximum Gasteiger partial charge on any atom is 0.147 e. The van der Waals surface area contributed by atoms with Crippen molar-refractivity contribution in [2.24, 2.45) is 0 Å². The van der Waals surface area contributed by atoms with Crippen LogP contribution in [0.3, 0.4) is 0 Å². The summed E-state index contributed by atoms with van der Waals surface area (Å²) in [6.45, 7) is 0. The summed E-state index contributed by atoms with van der Waals surface area (Å²) in [6, 6.07) is 24.3. The van der Waals surface area contributed by atoms with Crippen LogP contribution < -0.4 is 0 Å². The van der Waals surface area contributed by atoms with Crippen molar-refractivity contribution in [2.75, 3.05) is 0 Å². The number of fused-ring (bicyclic) bond motifs is 15. The molecule has 0 N–H and O–H groups in total. The van der Waals surface area contributed by atoms with Gasteiger partial charge in [0.2, 0.25) is 0 Å². The van der Waals surface area contributed by atoms with Crippen molar-refractivity contribution < 1.29 is 0 Å². The molecule has 0 spiro atoms. The Morgan fingerprint density at radius 2 is 1.51 bits per heavy atom. The Hall–Kier alpha value is -4.57. The molecule has 4 nitrogen and oxygen atoms in total. The lowest BCUT2D eigenvalue weighted by Crippen LogP contribution is -1.96. The van der Waals surface area contributed by atoms with Crippen molar-refractivity contribution in [3.05, 3.63) is 108 Å². The van der Waals surface area contributed by atoms with Crippen LogP contribution in [0, 0.1) is 0 Å². The minimum atomic E-state index is 0.919. The van der Waals surface area contributed by atoms with Crippen LogP contribution in [-0.2, 0) is 12.8 Å². The first-order chi connectivity index (χ1) is 17.3. The summed E-state index contributed by atoms with van der Waals surface area (Å²) >= 11 is 0. The average molecular weight is 447 g/mol. The molecular formula is C31H18N4. The zero-order valence-electron chi connectivity index (χ0n) is 18.8. The molecule has 0 fully saturated rings. The number of aromatic nitrogens is 4. The predicted molar refractivity (Wildman–Crippen MR) is 140 cm³/mol. The molecule has 0 aliphatic heterocycles. The van der Waals surface area contributed by atoms with Crippen LogP contribution in [0.5, 0.6) is 0 Å². The van der Waals surface area contributed by atoms with Gasteiger partial charge in [-0.15, -0.1) is 0 Å². The van der Waals surface area contributed by atoms with E-state index in [2.05, 4.69) is 70.0 Å². The second-order valence-electron chi connectivity index (χ2n) is 9.70. The maximum absolute atomic E-state index is 5.12. The monoisotopic (exact) mass is 446 g/mol. The van der Waals surface area contributed by atoms with Crippen molar-refractivity contribution in [3.8, 4) is 22.3 Å². The van der Waals surface area contributed by atoms with Gasteiger partial charge >= 0.3 is 0 Å². The van der Waals surface area contributed by atoms with Crippen molar-refractivity contribution in [3.63, 3.8) is 0 Å². The third-order valence-electron chi connectivity index (χ3n) is 7.95. The van der Waals surface area contributed by atoms with Crippen LogP contribution in [-0.4, -0.2) is 19.4 Å². The van der Waals surface area contributed by atoms with E-state index in [4.69, 9.17) is 9.97 Å². The Kier molecular flexibility index (Phi) is 3.11. The number of benzene rings is 3. The van der Waals surface area contributed by atoms with Gasteiger partial charge in [-0.1, -0.05) is 36.4 Å². The molecule has 0 atom stereocenters. The molecule has 0 unspecified atom stereocenters. The first-order valence-corrected chi connectivity index (χ1v) is 12.0. The highest BCUT2D eigenvalue weighted by atomic mass is 15.1.